The number of hydrogen-bond donors (Lipinski definition) is 2. The molecule has 0 fully saturated rings. The Hall–Kier alpha value is -2.14. The molecule has 0 saturated carbocycles. The minimum Gasteiger partial charge on any atom is -0.317 e. The number of benzene rings is 2. The number of anilines is 1. The van der Waals surface area contributed by atoms with Crippen molar-refractivity contribution in [3.05, 3.63) is 64.7 Å². The first-order valence-electron chi connectivity index (χ1n) is 9.78. The van der Waals surface area contributed by atoms with Crippen LogP contribution in [0.4, 0.5) is 10.5 Å². The quantitative estimate of drug-likeness (QED) is 0.526. The molecule has 2 N–H and O–H groups in total. The minimum atomic E-state index is -3.73. The van der Waals surface area contributed by atoms with Gasteiger partial charge in [-0.25, -0.2) is 4.79 Å². The van der Waals surface area contributed by atoms with Gasteiger partial charge in [0.1, 0.15) is 0 Å². The molecule has 0 aliphatic carbocycles. The Morgan fingerprint density at radius 3 is 2.00 bits per heavy atom. The molecule has 2 aromatic rings. The van der Waals surface area contributed by atoms with Crippen molar-refractivity contribution in [2.75, 3.05) is 18.5 Å². The zero-order valence-electron chi connectivity index (χ0n) is 18.0. The summed E-state index contributed by atoms with van der Waals surface area (Å²) in [6.07, 6.45) is 0. The topological polar surface area (TPSA) is 76.7 Å². The first kappa shape index (κ1) is 23.1. The van der Waals surface area contributed by atoms with Gasteiger partial charge in [0.2, 0.25) is 0 Å². The molecule has 2 amide bonds. The van der Waals surface area contributed by atoms with Gasteiger partial charge in [0.25, 0.3) is 0 Å². The predicted octanol–water partition coefficient (Wildman–Crippen LogP) is 5.87. The van der Waals surface area contributed by atoms with Gasteiger partial charge >= 0.3 is 13.6 Å². The number of urea groups is 1. The molecule has 0 saturated heterocycles. The summed E-state index contributed by atoms with van der Waals surface area (Å²) in [5.41, 5.74) is 4.40. The average Bonchev–Trinajstić information content (AvgIpc) is 2.65. The van der Waals surface area contributed by atoms with Crippen LogP contribution in [0.15, 0.2) is 42.5 Å². The van der Waals surface area contributed by atoms with E-state index in [4.69, 9.17) is 9.05 Å². The monoisotopic (exact) mass is 418 g/mol. The highest BCUT2D eigenvalue weighted by molar-refractivity contribution is 7.55. The van der Waals surface area contributed by atoms with Crippen molar-refractivity contribution in [2.45, 2.75) is 46.8 Å². The van der Waals surface area contributed by atoms with Crippen molar-refractivity contribution in [2.24, 2.45) is 0 Å². The van der Waals surface area contributed by atoms with Crippen LogP contribution in [0.25, 0.3) is 0 Å². The molecule has 6 nitrogen and oxygen atoms in total. The van der Waals surface area contributed by atoms with Gasteiger partial charge in [-0.1, -0.05) is 48.0 Å². The number of nitrogens with one attached hydrogen (secondary N) is 2. The summed E-state index contributed by atoms with van der Waals surface area (Å²) in [5, 5.41) is 4.42. The molecule has 0 aromatic heterocycles. The van der Waals surface area contributed by atoms with Gasteiger partial charge in [-0.05, 0) is 58.2 Å². The molecule has 29 heavy (non-hydrogen) atoms. The lowest BCUT2D eigenvalue weighted by molar-refractivity contribution is 0.188. The van der Waals surface area contributed by atoms with E-state index in [2.05, 4.69) is 10.6 Å². The fourth-order valence-corrected chi connectivity index (χ4v) is 5.41. The number of hydrogen-bond acceptors (Lipinski definition) is 4. The van der Waals surface area contributed by atoms with Crippen molar-refractivity contribution in [3.63, 3.8) is 0 Å². The minimum absolute atomic E-state index is 0.194. The molecule has 1 unspecified atom stereocenters. The summed E-state index contributed by atoms with van der Waals surface area (Å²) in [6.45, 7) is 11.4. The molecule has 2 aromatic carbocycles. The molecule has 1 atom stereocenters. The lowest BCUT2D eigenvalue weighted by atomic mass is 10.1. The van der Waals surface area contributed by atoms with Crippen LogP contribution >= 0.6 is 7.60 Å². The van der Waals surface area contributed by atoms with Crippen LogP contribution in [0, 0.1) is 20.8 Å². The van der Waals surface area contributed by atoms with Crippen LogP contribution in [0.3, 0.4) is 0 Å². The highest BCUT2D eigenvalue weighted by Crippen LogP contribution is 2.63. The van der Waals surface area contributed by atoms with E-state index in [0.29, 0.717) is 5.56 Å². The molecule has 0 aliphatic heterocycles. The standard InChI is InChI=1S/C22H31N2O4P/c1-7-27-29(26,28-8-2)22(6,19-12-10-9-11-13-19)24-21(25)23-20-17(4)14-16(3)15-18(20)5/h9-15H,7-8H2,1-6H3,(H2,23,24,25). The maximum atomic E-state index is 13.7. The van der Waals surface area contributed by atoms with Crippen LogP contribution in [-0.4, -0.2) is 19.2 Å². The second-order valence-electron chi connectivity index (χ2n) is 7.12. The van der Waals surface area contributed by atoms with Gasteiger partial charge in [0.05, 0.1) is 13.2 Å². The molecular weight excluding hydrogens is 387 g/mol. The third-order valence-corrected chi connectivity index (χ3v) is 7.42. The average molecular weight is 418 g/mol. The molecule has 2 rings (SSSR count). The van der Waals surface area contributed by atoms with E-state index in [-0.39, 0.29) is 13.2 Å². The molecular formula is C22H31N2O4P. The van der Waals surface area contributed by atoms with E-state index >= 15 is 0 Å². The summed E-state index contributed by atoms with van der Waals surface area (Å²) < 4.78 is 24.9. The van der Waals surface area contributed by atoms with E-state index in [1.807, 2.05) is 51.1 Å². The largest absolute Gasteiger partial charge is 0.360 e. The zero-order valence-corrected chi connectivity index (χ0v) is 18.9. The Kier molecular flexibility index (Phi) is 7.64. The number of carbonyl (C=O) groups is 1. The van der Waals surface area contributed by atoms with Crippen LogP contribution in [0.1, 0.15) is 43.0 Å². The summed E-state index contributed by atoms with van der Waals surface area (Å²) in [4.78, 5) is 13.0. The van der Waals surface area contributed by atoms with E-state index in [1.165, 1.54) is 0 Å². The van der Waals surface area contributed by atoms with E-state index in [9.17, 15) is 9.36 Å². The summed E-state index contributed by atoms with van der Waals surface area (Å²) in [5.74, 6) is 0. The fraction of sp³-hybridized carbons (Fsp3) is 0.409. The maximum absolute atomic E-state index is 13.7. The third-order valence-electron chi connectivity index (χ3n) is 4.75. The molecule has 0 radical (unpaired) electrons. The Morgan fingerprint density at radius 2 is 1.52 bits per heavy atom. The highest BCUT2D eigenvalue weighted by atomic mass is 31.2. The van der Waals surface area contributed by atoms with Crippen molar-refractivity contribution < 1.29 is 18.4 Å². The van der Waals surface area contributed by atoms with E-state index in [1.54, 1.807) is 32.9 Å². The Bertz CT molecular complexity index is 868. The third kappa shape index (κ3) is 5.08. The first-order valence-corrected chi connectivity index (χ1v) is 11.3. The number of aryl methyl sites for hydroxylation is 3. The normalized spacial score (nSPS) is 13.6. The summed E-state index contributed by atoms with van der Waals surface area (Å²) in [7, 11) is -3.73. The predicted molar refractivity (Wildman–Crippen MR) is 117 cm³/mol. The van der Waals surface area contributed by atoms with Crippen LogP contribution in [0.5, 0.6) is 0 Å². The van der Waals surface area contributed by atoms with Crippen LogP contribution in [0.2, 0.25) is 0 Å². The Labute approximate surface area is 173 Å². The Morgan fingerprint density at radius 1 is 1.00 bits per heavy atom. The van der Waals surface area contributed by atoms with Crippen molar-refractivity contribution in [1.29, 1.82) is 0 Å². The van der Waals surface area contributed by atoms with Gasteiger partial charge < -0.3 is 19.7 Å². The number of rotatable bonds is 8. The SMILES string of the molecule is CCOP(=O)(OCC)C(C)(NC(=O)Nc1c(C)cc(C)cc1C)c1ccccc1. The second kappa shape index (κ2) is 9.57. The summed E-state index contributed by atoms with van der Waals surface area (Å²) >= 11 is 0. The fourth-order valence-electron chi connectivity index (χ4n) is 3.44. The Balaban J connectivity index is 2.43. The lowest BCUT2D eigenvalue weighted by Crippen LogP contribution is -2.46. The molecule has 158 valence electrons. The van der Waals surface area contributed by atoms with Crippen LogP contribution < -0.4 is 10.6 Å². The van der Waals surface area contributed by atoms with Crippen molar-refractivity contribution in [1.82, 2.24) is 5.32 Å². The summed E-state index contributed by atoms with van der Waals surface area (Å²) in [6, 6.07) is 12.6. The maximum Gasteiger partial charge on any atom is 0.360 e. The van der Waals surface area contributed by atoms with E-state index in [0.717, 1.165) is 22.4 Å². The van der Waals surface area contributed by atoms with Gasteiger partial charge in [-0.15, -0.1) is 0 Å². The molecule has 0 spiro atoms. The zero-order chi connectivity index (χ0) is 21.7. The van der Waals surface area contributed by atoms with Crippen molar-refractivity contribution >= 4 is 19.3 Å². The lowest BCUT2D eigenvalue weighted by Gasteiger charge is -2.37. The molecule has 0 bridgehead atoms. The van der Waals surface area contributed by atoms with Crippen molar-refractivity contribution in [3.8, 4) is 0 Å². The van der Waals surface area contributed by atoms with Gasteiger partial charge in [-0.3, -0.25) is 4.57 Å². The van der Waals surface area contributed by atoms with E-state index < -0.39 is 18.9 Å². The smallest absolute Gasteiger partial charge is 0.317 e. The van der Waals surface area contributed by atoms with Gasteiger partial charge in [0.15, 0.2) is 5.28 Å². The second-order valence-corrected chi connectivity index (χ2v) is 9.53. The van der Waals surface area contributed by atoms with Gasteiger partial charge in [-0.2, -0.15) is 0 Å². The first-order chi connectivity index (χ1) is 13.7. The molecule has 7 heteroatoms. The number of amides is 2. The number of carbonyl (C=O) groups excluding carboxylic acids is 1. The molecule has 0 heterocycles. The van der Waals surface area contributed by atoms with Gasteiger partial charge in [0, 0.05) is 5.69 Å². The van der Waals surface area contributed by atoms with Crippen LogP contribution in [-0.2, 0) is 18.9 Å². The molecule has 0 aliphatic rings. The highest BCUT2D eigenvalue weighted by Gasteiger charge is 2.50.